The predicted molar refractivity (Wildman–Crippen MR) is 91.5 cm³/mol. The van der Waals surface area contributed by atoms with Crippen LogP contribution in [0.5, 0.6) is 11.5 Å². The van der Waals surface area contributed by atoms with Gasteiger partial charge in [-0.05, 0) is 48.9 Å². The fraction of sp³-hybridized carbons (Fsp3) is 0.353. The highest BCUT2D eigenvalue weighted by Gasteiger charge is 2.11. The molecule has 1 aromatic carbocycles. The van der Waals surface area contributed by atoms with Crippen LogP contribution in [0, 0.1) is 0 Å². The Balaban J connectivity index is 2.30. The van der Waals surface area contributed by atoms with Gasteiger partial charge in [-0.15, -0.1) is 11.8 Å². The molecule has 0 fully saturated rings. The van der Waals surface area contributed by atoms with Gasteiger partial charge in [0.25, 0.3) is 0 Å². The molecule has 4 heteroatoms. The molecule has 0 atom stereocenters. The predicted octanol–water partition coefficient (Wildman–Crippen LogP) is 4.55. The van der Waals surface area contributed by atoms with Gasteiger partial charge in [0.05, 0.1) is 10.7 Å². The molecule has 0 aliphatic carbocycles. The van der Waals surface area contributed by atoms with Gasteiger partial charge < -0.3 is 9.47 Å². The van der Waals surface area contributed by atoms with Crippen LogP contribution in [0.25, 0.3) is 6.08 Å². The van der Waals surface area contributed by atoms with Crippen LogP contribution in [-0.2, 0) is 0 Å². The summed E-state index contributed by atoms with van der Waals surface area (Å²) in [6, 6.07) is 5.93. The average molecular weight is 303 g/mol. The van der Waals surface area contributed by atoms with Crippen LogP contribution in [0.2, 0.25) is 0 Å². The van der Waals surface area contributed by atoms with Crippen LogP contribution in [0.4, 0.5) is 0 Å². The van der Waals surface area contributed by atoms with E-state index in [4.69, 9.17) is 9.47 Å². The molecule has 1 aliphatic rings. The summed E-state index contributed by atoms with van der Waals surface area (Å²) in [7, 11) is 0. The molecule has 0 amide bonds. The summed E-state index contributed by atoms with van der Waals surface area (Å²) in [6.07, 6.45) is 2.03. The summed E-state index contributed by atoms with van der Waals surface area (Å²) in [6.45, 7) is 11.3. The lowest BCUT2D eigenvalue weighted by Gasteiger charge is -2.18. The molecule has 1 aliphatic heterocycles. The topological polar surface area (TPSA) is 30.8 Å². The summed E-state index contributed by atoms with van der Waals surface area (Å²) in [5.74, 6) is 2.61. The smallest absolute Gasteiger partial charge is 0.161 e. The highest BCUT2D eigenvalue weighted by molar-refractivity contribution is 8.13. The van der Waals surface area contributed by atoms with Crippen molar-refractivity contribution in [1.82, 2.24) is 0 Å². The number of nitrogens with zero attached hydrogens (tertiary/aromatic N) is 1. The number of hydrogen-bond donors (Lipinski definition) is 0. The van der Waals surface area contributed by atoms with Gasteiger partial charge in [-0.25, -0.2) is 4.99 Å². The van der Waals surface area contributed by atoms with Gasteiger partial charge >= 0.3 is 0 Å². The molecule has 0 bridgehead atoms. The van der Waals surface area contributed by atoms with Gasteiger partial charge in [0.2, 0.25) is 0 Å². The lowest BCUT2D eigenvalue weighted by atomic mass is 10.1. The van der Waals surface area contributed by atoms with Crippen molar-refractivity contribution in [2.75, 3.05) is 19.0 Å². The second-order valence-corrected chi connectivity index (χ2v) is 6.23. The number of fused-ring (bicyclic) bond motifs is 1. The monoisotopic (exact) mass is 303 g/mol. The van der Waals surface area contributed by atoms with Crippen molar-refractivity contribution in [3.05, 3.63) is 41.6 Å². The second kappa shape index (κ2) is 7.36. The molecular weight excluding hydrogens is 282 g/mol. The molecule has 0 aromatic heterocycles. The maximum Gasteiger partial charge on any atom is 0.161 e. The number of benzene rings is 1. The summed E-state index contributed by atoms with van der Waals surface area (Å²) in [5.41, 5.74) is 2.88. The number of hydrogen-bond acceptors (Lipinski definition) is 4. The first-order valence-electron chi connectivity index (χ1n) is 7.05. The minimum atomic E-state index is 0.595. The Labute approximate surface area is 130 Å². The molecule has 0 N–H and O–H groups in total. The third kappa shape index (κ3) is 4.39. The van der Waals surface area contributed by atoms with E-state index in [2.05, 4.69) is 18.5 Å². The Kier molecular flexibility index (Phi) is 5.51. The van der Waals surface area contributed by atoms with E-state index in [1.54, 1.807) is 11.8 Å². The number of thioether (sulfide) groups is 1. The first-order valence-corrected chi connectivity index (χ1v) is 8.04. The van der Waals surface area contributed by atoms with E-state index in [0.29, 0.717) is 13.2 Å². The van der Waals surface area contributed by atoms with E-state index in [-0.39, 0.29) is 0 Å². The van der Waals surface area contributed by atoms with Crippen molar-refractivity contribution < 1.29 is 9.47 Å². The second-order valence-electron chi connectivity index (χ2n) is 4.78. The van der Waals surface area contributed by atoms with Crippen molar-refractivity contribution in [3.63, 3.8) is 0 Å². The van der Waals surface area contributed by atoms with E-state index in [9.17, 15) is 0 Å². The average Bonchev–Trinajstić information content (AvgIpc) is 2.46. The largest absolute Gasteiger partial charge is 0.486 e. The van der Waals surface area contributed by atoms with E-state index in [1.165, 1.54) is 0 Å². The van der Waals surface area contributed by atoms with Crippen molar-refractivity contribution in [1.29, 1.82) is 0 Å². The van der Waals surface area contributed by atoms with Gasteiger partial charge in [-0.1, -0.05) is 19.6 Å². The SMILES string of the molecule is C=C(C)/C(=C/c1ccc2c(c1)OCCO2)N=C(C)SCC. The Bertz CT molecular complexity index is 590. The van der Waals surface area contributed by atoms with Gasteiger partial charge in [-0.3, -0.25) is 0 Å². The zero-order chi connectivity index (χ0) is 15.2. The fourth-order valence-electron chi connectivity index (χ4n) is 1.97. The van der Waals surface area contributed by atoms with Gasteiger partial charge in [0.15, 0.2) is 11.5 Å². The number of allylic oxidation sites excluding steroid dienone is 1. The lowest BCUT2D eigenvalue weighted by Crippen LogP contribution is -2.15. The first kappa shape index (κ1) is 15.7. The van der Waals surface area contributed by atoms with E-state index < -0.39 is 0 Å². The quantitative estimate of drug-likeness (QED) is 0.464. The van der Waals surface area contributed by atoms with Crippen LogP contribution in [0.3, 0.4) is 0 Å². The number of ether oxygens (including phenoxy) is 2. The number of rotatable bonds is 4. The molecule has 0 spiro atoms. The molecule has 0 saturated carbocycles. The zero-order valence-electron chi connectivity index (χ0n) is 12.8. The standard InChI is InChI=1S/C17H21NO2S/c1-5-21-13(4)18-15(12(2)3)10-14-6-7-16-17(11-14)20-9-8-19-16/h6-7,10-11H,2,5,8-9H2,1,3-4H3/b15-10-,18-13?. The van der Waals surface area contributed by atoms with Crippen molar-refractivity contribution in [3.8, 4) is 11.5 Å². The molecular formula is C17H21NO2S. The Morgan fingerprint density at radius 2 is 2.00 bits per heavy atom. The number of aliphatic imine (C=N–C) groups is 1. The van der Waals surface area contributed by atoms with Crippen LogP contribution in [0.1, 0.15) is 26.3 Å². The molecule has 21 heavy (non-hydrogen) atoms. The highest BCUT2D eigenvalue weighted by Crippen LogP contribution is 2.31. The van der Waals surface area contributed by atoms with Gasteiger partial charge in [0.1, 0.15) is 13.2 Å². The van der Waals surface area contributed by atoms with Crippen molar-refractivity contribution in [2.24, 2.45) is 4.99 Å². The summed E-state index contributed by atoms with van der Waals surface area (Å²) in [5, 5.41) is 1.05. The molecule has 1 heterocycles. The molecule has 3 nitrogen and oxygen atoms in total. The molecule has 0 radical (unpaired) electrons. The molecule has 0 saturated heterocycles. The molecule has 1 aromatic rings. The van der Waals surface area contributed by atoms with Crippen LogP contribution >= 0.6 is 11.8 Å². The summed E-state index contributed by atoms with van der Waals surface area (Å²) < 4.78 is 11.1. The van der Waals surface area contributed by atoms with E-state index in [1.807, 2.05) is 38.1 Å². The fourth-order valence-corrected chi connectivity index (χ4v) is 2.55. The van der Waals surface area contributed by atoms with Gasteiger partial charge in [-0.2, -0.15) is 0 Å². The van der Waals surface area contributed by atoms with Crippen molar-refractivity contribution in [2.45, 2.75) is 20.8 Å². The molecule has 0 unspecified atom stereocenters. The third-order valence-corrected chi connectivity index (χ3v) is 3.74. The summed E-state index contributed by atoms with van der Waals surface area (Å²) in [4.78, 5) is 4.64. The van der Waals surface area contributed by atoms with Crippen LogP contribution < -0.4 is 9.47 Å². The van der Waals surface area contributed by atoms with Gasteiger partial charge in [0, 0.05) is 0 Å². The zero-order valence-corrected chi connectivity index (χ0v) is 13.6. The maximum atomic E-state index is 5.61. The minimum absolute atomic E-state index is 0.595. The Hall–Kier alpha value is -1.68. The maximum absolute atomic E-state index is 5.61. The lowest BCUT2D eigenvalue weighted by molar-refractivity contribution is 0.171. The third-order valence-electron chi connectivity index (χ3n) is 2.94. The van der Waals surface area contributed by atoms with Crippen molar-refractivity contribution >= 4 is 22.9 Å². The minimum Gasteiger partial charge on any atom is -0.486 e. The first-order chi connectivity index (χ1) is 10.1. The van der Waals surface area contributed by atoms with E-state index >= 15 is 0 Å². The molecule has 2 rings (SSSR count). The Morgan fingerprint density at radius 3 is 2.67 bits per heavy atom. The van der Waals surface area contributed by atoms with Crippen LogP contribution in [-0.4, -0.2) is 24.0 Å². The molecule has 112 valence electrons. The summed E-state index contributed by atoms with van der Waals surface area (Å²) >= 11 is 1.73. The van der Waals surface area contributed by atoms with E-state index in [0.717, 1.165) is 39.1 Å². The normalized spacial score (nSPS) is 15.0. The highest BCUT2D eigenvalue weighted by atomic mass is 32.2. The van der Waals surface area contributed by atoms with Crippen LogP contribution in [0.15, 0.2) is 41.0 Å². The Morgan fingerprint density at radius 1 is 1.29 bits per heavy atom.